The predicted molar refractivity (Wildman–Crippen MR) is 72.2 cm³/mol. The van der Waals surface area contributed by atoms with E-state index in [2.05, 4.69) is 0 Å². The SMILES string of the molecule is CCOC(=O)C(C)(C)C(SC(C)(C)C)C(C)=O. The van der Waals surface area contributed by atoms with Crippen LogP contribution in [0.2, 0.25) is 0 Å². The van der Waals surface area contributed by atoms with Gasteiger partial charge in [0, 0.05) is 4.75 Å². The molecule has 0 N–H and O–H groups in total. The molecule has 1 unspecified atom stereocenters. The zero-order valence-corrected chi connectivity index (χ0v) is 12.7. The highest BCUT2D eigenvalue weighted by molar-refractivity contribution is 8.01. The highest BCUT2D eigenvalue weighted by atomic mass is 32.2. The van der Waals surface area contributed by atoms with Gasteiger partial charge in [0.1, 0.15) is 5.78 Å². The minimum absolute atomic E-state index is 0.0166. The Bertz CT molecular complexity index is 290. The van der Waals surface area contributed by atoms with Crippen molar-refractivity contribution in [3.05, 3.63) is 0 Å². The van der Waals surface area contributed by atoms with Gasteiger partial charge in [0.2, 0.25) is 0 Å². The summed E-state index contributed by atoms with van der Waals surface area (Å²) >= 11 is 1.52. The lowest BCUT2D eigenvalue weighted by Crippen LogP contribution is -2.42. The van der Waals surface area contributed by atoms with Crippen molar-refractivity contribution in [2.24, 2.45) is 5.41 Å². The molecule has 0 heterocycles. The minimum atomic E-state index is -0.792. The highest BCUT2D eigenvalue weighted by Crippen LogP contribution is 2.39. The summed E-state index contributed by atoms with van der Waals surface area (Å²) in [6.45, 7) is 13.3. The van der Waals surface area contributed by atoms with E-state index in [4.69, 9.17) is 4.74 Å². The third-order valence-electron chi connectivity index (χ3n) is 2.30. The summed E-state index contributed by atoms with van der Waals surface area (Å²) in [5, 5.41) is -0.374. The summed E-state index contributed by atoms with van der Waals surface area (Å²) < 4.78 is 4.98. The van der Waals surface area contributed by atoms with Gasteiger partial charge in [0.25, 0.3) is 0 Å². The van der Waals surface area contributed by atoms with Crippen molar-refractivity contribution in [1.82, 2.24) is 0 Å². The van der Waals surface area contributed by atoms with E-state index in [1.54, 1.807) is 20.8 Å². The molecular formula is C13H24O3S. The van der Waals surface area contributed by atoms with Crippen molar-refractivity contribution in [1.29, 1.82) is 0 Å². The predicted octanol–water partition coefficient (Wildman–Crippen LogP) is 3.07. The van der Waals surface area contributed by atoms with E-state index in [1.807, 2.05) is 20.8 Å². The van der Waals surface area contributed by atoms with Crippen LogP contribution >= 0.6 is 11.8 Å². The van der Waals surface area contributed by atoms with E-state index < -0.39 is 5.41 Å². The van der Waals surface area contributed by atoms with Crippen LogP contribution in [0, 0.1) is 5.41 Å². The molecule has 0 amide bonds. The maximum atomic E-state index is 11.9. The first kappa shape index (κ1) is 16.5. The van der Waals surface area contributed by atoms with Gasteiger partial charge in [-0.15, -0.1) is 11.8 Å². The van der Waals surface area contributed by atoms with Crippen molar-refractivity contribution in [2.45, 2.75) is 58.5 Å². The monoisotopic (exact) mass is 260 g/mol. The molecule has 1 atom stereocenters. The topological polar surface area (TPSA) is 43.4 Å². The van der Waals surface area contributed by atoms with Crippen LogP contribution in [-0.4, -0.2) is 28.4 Å². The normalized spacial score (nSPS) is 14.3. The zero-order chi connectivity index (χ0) is 13.9. The summed E-state index contributed by atoms with van der Waals surface area (Å²) in [7, 11) is 0. The Balaban J connectivity index is 5.04. The Hall–Kier alpha value is -0.510. The Morgan fingerprint density at radius 1 is 1.18 bits per heavy atom. The molecule has 0 aliphatic heterocycles. The Kier molecular flexibility index (Phi) is 5.72. The summed E-state index contributed by atoms with van der Waals surface area (Å²) in [4.78, 5) is 23.7. The molecule has 0 spiro atoms. The number of ether oxygens (including phenoxy) is 1. The lowest BCUT2D eigenvalue weighted by Gasteiger charge is -2.34. The molecule has 0 aliphatic carbocycles. The van der Waals surface area contributed by atoms with Gasteiger partial charge < -0.3 is 4.74 Å². The lowest BCUT2D eigenvalue weighted by atomic mass is 9.87. The van der Waals surface area contributed by atoms with Crippen molar-refractivity contribution < 1.29 is 14.3 Å². The molecule has 0 radical (unpaired) electrons. The molecule has 3 nitrogen and oxygen atoms in total. The van der Waals surface area contributed by atoms with Crippen LogP contribution in [0.3, 0.4) is 0 Å². The minimum Gasteiger partial charge on any atom is -0.466 e. The maximum Gasteiger partial charge on any atom is 0.313 e. The maximum absolute atomic E-state index is 11.9. The van der Waals surface area contributed by atoms with Gasteiger partial charge in [-0.2, -0.15) is 0 Å². The van der Waals surface area contributed by atoms with Crippen LogP contribution in [0.15, 0.2) is 0 Å². The number of rotatable bonds is 5. The second-order valence-corrected chi connectivity index (χ2v) is 7.59. The third-order valence-corrected chi connectivity index (χ3v) is 4.16. The molecule has 0 fully saturated rings. The van der Waals surface area contributed by atoms with Crippen molar-refractivity contribution >= 4 is 23.5 Å². The standard InChI is InChI=1S/C13H24O3S/c1-8-16-11(15)13(6,7)10(9(2)14)17-12(3,4)5/h10H,8H2,1-7H3. The molecule has 0 bridgehead atoms. The van der Waals surface area contributed by atoms with Crippen LogP contribution < -0.4 is 0 Å². The van der Waals surface area contributed by atoms with E-state index in [0.717, 1.165) is 0 Å². The Morgan fingerprint density at radius 2 is 1.65 bits per heavy atom. The quantitative estimate of drug-likeness (QED) is 0.713. The highest BCUT2D eigenvalue weighted by Gasteiger charge is 2.43. The van der Waals surface area contributed by atoms with E-state index >= 15 is 0 Å². The molecule has 100 valence electrons. The van der Waals surface area contributed by atoms with E-state index in [-0.39, 0.29) is 21.7 Å². The smallest absolute Gasteiger partial charge is 0.313 e. The molecule has 0 aromatic rings. The van der Waals surface area contributed by atoms with E-state index in [9.17, 15) is 9.59 Å². The van der Waals surface area contributed by atoms with Gasteiger partial charge in [-0.05, 0) is 27.7 Å². The summed E-state index contributed by atoms with van der Waals surface area (Å²) in [6.07, 6.45) is 0. The fourth-order valence-corrected chi connectivity index (χ4v) is 2.78. The van der Waals surface area contributed by atoms with Gasteiger partial charge >= 0.3 is 5.97 Å². The Labute approximate surface area is 109 Å². The zero-order valence-electron chi connectivity index (χ0n) is 11.9. The average Bonchev–Trinajstić information content (AvgIpc) is 2.12. The number of esters is 1. The molecule has 0 aromatic heterocycles. The molecule has 0 aromatic carbocycles. The molecule has 0 rings (SSSR count). The second kappa shape index (κ2) is 5.89. The molecule has 0 saturated carbocycles. The van der Waals surface area contributed by atoms with Crippen LogP contribution in [-0.2, 0) is 14.3 Å². The number of Topliss-reactive ketones (excluding diaryl/α,β-unsaturated/α-hetero) is 1. The van der Waals surface area contributed by atoms with E-state index in [0.29, 0.717) is 6.61 Å². The number of carbonyl (C=O) groups is 2. The largest absolute Gasteiger partial charge is 0.466 e. The molecule has 4 heteroatoms. The van der Waals surface area contributed by atoms with Gasteiger partial charge in [0.15, 0.2) is 0 Å². The first-order valence-corrected chi connectivity index (χ1v) is 6.75. The average molecular weight is 260 g/mol. The van der Waals surface area contributed by atoms with Crippen LogP contribution in [0.5, 0.6) is 0 Å². The number of carbonyl (C=O) groups excluding carboxylic acids is 2. The molecule has 17 heavy (non-hydrogen) atoms. The second-order valence-electron chi connectivity index (χ2n) is 5.66. The fraction of sp³-hybridized carbons (Fsp3) is 0.846. The summed E-state index contributed by atoms with van der Waals surface area (Å²) in [5.74, 6) is -0.292. The molecule has 0 saturated heterocycles. The Morgan fingerprint density at radius 3 is 1.94 bits per heavy atom. The molecular weight excluding hydrogens is 236 g/mol. The van der Waals surface area contributed by atoms with E-state index in [1.165, 1.54) is 18.7 Å². The first-order valence-electron chi connectivity index (χ1n) is 5.88. The van der Waals surface area contributed by atoms with Crippen LogP contribution in [0.1, 0.15) is 48.5 Å². The van der Waals surface area contributed by atoms with Gasteiger partial charge in [-0.1, -0.05) is 20.8 Å². The van der Waals surface area contributed by atoms with Gasteiger partial charge in [-0.3, -0.25) is 9.59 Å². The van der Waals surface area contributed by atoms with Crippen molar-refractivity contribution in [2.75, 3.05) is 6.61 Å². The van der Waals surface area contributed by atoms with Crippen molar-refractivity contribution in [3.63, 3.8) is 0 Å². The summed E-state index contributed by atoms with van der Waals surface area (Å²) in [6, 6.07) is 0. The summed E-state index contributed by atoms with van der Waals surface area (Å²) in [5.41, 5.74) is -0.792. The van der Waals surface area contributed by atoms with Gasteiger partial charge in [-0.25, -0.2) is 0 Å². The molecule has 0 aliphatic rings. The number of thioether (sulfide) groups is 1. The van der Waals surface area contributed by atoms with Crippen LogP contribution in [0.25, 0.3) is 0 Å². The number of hydrogen-bond acceptors (Lipinski definition) is 4. The lowest BCUT2D eigenvalue weighted by molar-refractivity contribution is -0.154. The number of ketones is 1. The fourth-order valence-electron chi connectivity index (χ4n) is 1.52. The first-order chi connectivity index (χ1) is 7.52. The van der Waals surface area contributed by atoms with Gasteiger partial charge in [0.05, 0.1) is 17.3 Å². The third kappa shape index (κ3) is 5.11. The van der Waals surface area contributed by atoms with Crippen molar-refractivity contribution in [3.8, 4) is 0 Å². The number of hydrogen-bond donors (Lipinski definition) is 0. The van der Waals surface area contributed by atoms with Crippen LogP contribution in [0.4, 0.5) is 0 Å².